The topological polar surface area (TPSA) is 9.23 Å². The molecule has 0 radical (unpaired) electrons. The standard InChI is InChI=1S/C14H22O/c1-9-8-12(15-7)13(14(4,5)6)11(3)10(9)2/h8H,1-7H3. The van der Waals surface area contributed by atoms with E-state index in [4.69, 9.17) is 4.74 Å². The van der Waals surface area contributed by atoms with Gasteiger partial charge in [0.2, 0.25) is 0 Å². The van der Waals surface area contributed by atoms with Crippen LogP contribution < -0.4 is 4.74 Å². The first-order chi connectivity index (χ1) is 6.79. The molecule has 0 fully saturated rings. The molecule has 15 heavy (non-hydrogen) atoms. The van der Waals surface area contributed by atoms with E-state index in [-0.39, 0.29) is 5.41 Å². The second-order valence-corrected chi connectivity index (χ2v) is 5.27. The fourth-order valence-corrected chi connectivity index (χ4v) is 2.14. The first-order valence-electron chi connectivity index (χ1n) is 5.44. The molecular formula is C14H22O. The van der Waals surface area contributed by atoms with Crippen LogP contribution in [0.15, 0.2) is 6.07 Å². The molecule has 0 atom stereocenters. The molecule has 0 saturated carbocycles. The fraction of sp³-hybridized carbons (Fsp3) is 0.571. The zero-order chi connectivity index (χ0) is 11.8. The van der Waals surface area contributed by atoms with Crippen LogP contribution in [-0.4, -0.2) is 7.11 Å². The van der Waals surface area contributed by atoms with Crippen LogP contribution in [0, 0.1) is 20.8 Å². The van der Waals surface area contributed by atoms with E-state index >= 15 is 0 Å². The maximum atomic E-state index is 5.49. The highest BCUT2D eigenvalue weighted by Crippen LogP contribution is 2.36. The average molecular weight is 206 g/mol. The van der Waals surface area contributed by atoms with Crippen LogP contribution >= 0.6 is 0 Å². The molecule has 0 bridgehead atoms. The third-order valence-corrected chi connectivity index (χ3v) is 3.09. The van der Waals surface area contributed by atoms with Crippen molar-refractivity contribution in [3.05, 3.63) is 28.3 Å². The Morgan fingerprint density at radius 3 is 1.93 bits per heavy atom. The van der Waals surface area contributed by atoms with E-state index in [9.17, 15) is 0 Å². The molecule has 0 saturated heterocycles. The van der Waals surface area contributed by atoms with Crippen LogP contribution in [0.5, 0.6) is 5.75 Å². The first-order valence-corrected chi connectivity index (χ1v) is 5.44. The zero-order valence-corrected chi connectivity index (χ0v) is 11.0. The van der Waals surface area contributed by atoms with Crippen molar-refractivity contribution in [3.8, 4) is 5.75 Å². The molecule has 0 aliphatic rings. The van der Waals surface area contributed by atoms with Crippen molar-refractivity contribution in [2.75, 3.05) is 7.11 Å². The normalized spacial score (nSPS) is 11.7. The molecule has 0 spiro atoms. The van der Waals surface area contributed by atoms with Crippen molar-refractivity contribution in [1.82, 2.24) is 0 Å². The van der Waals surface area contributed by atoms with E-state index in [1.54, 1.807) is 7.11 Å². The summed E-state index contributed by atoms with van der Waals surface area (Å²) in [5, 5.41) is 0. The van der Waals surface area contributed by atoms with Gasteiger partial charge in [-0.05, 0) is 48.9 Å². The van der Waals surface area contributed by atoms with Gasteiger partial charge in [0.1, 0.15) is 5.75 Å². The van der Waals surface area contributed by atoms with Gasteiger partial charge in [0, 0.05) is 5.56 Å². The second-order valence-electron chi connectivity index (χ2n) is 5.27. The fourth-order valence-electron chi connectivity index (χ4n) is 2.14. The van der Waals surface area contributed by atoms with Crippen molar-refractivity contribution in [2.45, 2.75) is 47.0 Å². The minimum Gasteiger partial charge on any atom is -0.496 e. The van der Waals surface area contributed by atoms with Crippen LogP contribution in [0.1, 0.15) is 43.0 Å². The molecule has 0 N–H and O–H groups in total. The highest BCUT2D eigenvalue weighted by molar-refractivity contribution is 5.51. The van der Waals surface area contributed by atoms with Crippen molar-refractivity contribution in [1.29, 1.82) is 0 Å². The third kappa shape index (κ3) is 2.17. The molecule has 84 valence electrons. The number of aryl methyl sites for hydroxylation is 1. The maximum Gasteiger partial charge on any atom is 0.123 e. The van der Waals surface area contributed by atoms with Crippen molar-refractivity contribution < 1.29 is 4.74 Å². The first kappa shape index (κ1) is 12.1. The summed E-state index contributed by atoms with van der Waals surface area (Å²) in [4.78, 5) is 0. The Hall–Kier alpha value is -0.980. The predicted molar refractivity (Wildman–Crippen MR) is 65.9 cm³/mol. The van der Waals surface area contributed by atoms with Gasteiger partial charge >= 0.3 is 0 Å². The van der Waals surface area contributed by atoms with E-state index in [2.05, 4.69) is 47.6 Å². The minimum absolute atomic E-state index is 0.133. The molecule has 0 aliphatic carbocycles. The summed E-state index contributed by atoms with van der Waals surface area (Å²) in [5.74, 6) is 1.02. The highest BCUT2D eigenvalue weighted by atomic mass is 16.5. The van der Waals surface area contributed by atoms with Gasteiger partial charge < -0.3 is 4.74 Å². The molecule has 0 heterocycles. The summed E-state index contributed by atoms with van der Waals surface area (Å²) in [6.07, 6.45) is 0. The number of benzene rings is 1. The van der Waals surface area contributed by atoms with Crippen molar-refractivity contribution >= 4 is 0 Å². The van der Waals surface area contributed by atoms with Gasteiger partial charge in [-0.1, -0.05) is 20.8 Å². The lowest BCUT2D eigenvalue weighted by Gasteiger charge is -2.26. The Labute approximate surface area is 93.5 Å². The zero-order valence-electron chi connectivity index (χ0n) is 11.0. The molecule has 1 aromatic carbocycles. The van der Waals surface area contributed by atoms with Gasteiger partial charge in [-0.25, -0.2) is 0 Å². The van der Waals surface area contributed by atoms with Crippen LogP contribution in [0.3, 0.4) is 0 Å². The summed E-state index contributed by atoms with van der Waals surface area (Å²) in [5.41, 5.74) is 5.50. The molecule has 0 amide bonds. The molecule has 0 aliphatic heterocycles. The monoisotopic (exact) mass is 206 g/mol. The predicted octanol–water partition coefficient (Wildman–Crippen LogP) is 3.92. The number of hydrogen-bond donors (Lipinski definition) is 0. The van der Waals surface area contributed by atoms with E-state index in [0.29, 0.717) is 0 Å². The molecule has 1 aromatic rings. The maximum absolute atomic E-state index is 5.49. The average Bonchev–Trinajstić information content (AvgIpc) is 2.11. The van der Waals surface area contributed by atoms with Gasteiger partial charge in [-0.2, -0.15) is 0 Å². The second kappa shape index (κ2) is 3.88. The molecule has 1 rings (SSSR count). The molecule has 0 aromatic heterocycles. The summed E-state index contributed by atoms with van der Waals surface area (Å²) < 4.78 is 5.49. The van der Waals surface area contributed by atoms with Crippen LogP contribution in [0.2, 0.25) is 0 Å². The largest absolute Gasteiger partial charge is 0.496 e. The Morgan fingerprint density at radius 1 is 1.00 bits per heavy atom. The summed E-state index contributed by atoms with van der Waals surface area (Å²) >= 11 is 0. The Balaban J connectivity index is 3.55. The van der Waals surface area contributed by atoms with E-state index in [1.165, 1.54) is 22.3 Å². The molecule has 1 heteroatoms. The number of hydrogen-bond acceptors (Lipinski definition) is 1. The summed E-state index contributed by atoms with van der Waals surface area (Å²) in [6.45, 7) is 13.2. The number of rotatable bonds is 1. The SMILES string of the molecule is COc1cc(C)c(C)c(C)c1C(C)(C)C. The summed E-state index contributed by atoms with van der Waals surface area (Å²) in [7, 11) is 1.75. The van der Waals surface area contributed by atoms with Gasteiger partial charge in [0.15, 0.2) is 0 Å². The minimum atomic E-state index is 0.133. The van der Waals surface area contributed by atoms with Gasteiger partial charge in [-0.15, -0.1) is 0 Å². The quantitative estimate of drug-likeness (QED) is 0.676. The number of ether oxygens (including phenoxy) is 1. The molecule has 0 unspecified atom stereocenters. The van der Waals surface area contributed by atoms with E-state index < -0.39 is 0 Å². The van der Waals surface area contributed by atoms with E-state index in [1.807, 2.05) is 0 Å². The number of methoxy groups -OCH3 is 1. The smallest absolute Gasteiger partial charge is 0.123 e. The van der Waals surface area contributed by atoms with Gasteiger partial charge in [0.05, 0.1) is 7.11 Å². The lowest BCUT2D eigenvalue weighted by atomic mass is 9.81. The Kier molecular flexibility index (Phi) is 3.13. The van der Waals surface area contributed by atoms with Crippen LogP contribution in [0.25, 0.3) is 0 Å². The van der Waals surface area contributed by atoms with Crippen molar-refractivity contribution in [3.63, 3.8) is 0 Å². The van der Waals surface area contributed by atoms with Crippen LogP contribution in [-0.2, 0) is 5.41 Å². The lowest BCUT2D eigenvalue weighted by Crippen LogP contribution is -2.16. The third-order valence-electron chi connectivity index (χ3n) is 3.09. The van der Waals surface area contributed by atoms with Crippen LogP contribution in [0.4, 0.5) is 0 Å². The van der Waals surface area contributed by atoms with Crippen molar-refractivity contribution in [2.24, 2.45) is 0 Å². The Bertz CT molecular complexity index is 370. The molecular weight excluding hydrogens is 184 g/mol. The van der Waals surface area contributed by atoms with E-state index in [0.717, 1.165) is 5.75 Å². The van der Waals surface area contributed by atoms with Gasteiger partial charge in [-0.3, -0.25) is 0 Å². The summed E-state index contributed by atoms with van der Waals surface area (Å²) in [6, 6.07) is 2.14. The highest BCUT2D eigenvalue weighted by Gasteiger charge is 2.22. The molecule has 1 nitrogen and oxygen atoms in total. The lowest BCUT2D eigenvalue weighted by molar-refractivity contribution is 0.396. The Morgan fingerprint density at radius 2 is 1.53 bits per heavy atom. The van der Waals surface area contributed by atoms with Gasteiger partial charge in [0.25, 0.3) is 0 Å².